The van der Waals surface area contributed by atoms with E-state index in [9.17, 15) is 9.59 Å². The predicted octanol–water partition coefficient (Wildman–Crippen LogP) is 3.90. The van der Waals surface area contributed by atoms with Gasteiger partial charge in [-0.05, 0) is 31.4 Å². The largest absolute Gasteiger partial charge is 0.298 e. The Kier molecular flexibility index (Phi) is 3.95. The maximum atomic E-state index is 12.6. The van der Waals surface area contributed by atoms with Crippen molar-refractivity contribution in [3.8, 4) is 0 Å². The predicted molar refractivity (Wildman–Crippen MR) is 91.5 cm³/mol. The van der Waals surface area contributed by atoms with Crippen LogP contribution in [0.1, 0.15) is 52.1 Å². The van der Waals surface area contributed by atoms with Gasteiger partial charge in [0.2, 0.25) is 0 Å². The molecule has 0 saturated carbocycles. The fourth-order valence-electron chi connectivity index (χ4n) is 3.02. The summed E-state index contributed by atoms with van der Waals surface area (Å²) in [5.41, 5.74) is 4.16. The van der Waals surface area contributed by atoms with Crippen molar-refractivity contribution >= 4 is 17.8 Å². The number of aldehydes is 1. The van der Waals surface area contributed by atoms with Crippen LogP contribution in [0, 0.1) is 0 Å². The van der Waals surface area contributed by atoms with Crippen molar-refractivity contribution < 1.29 is 9.59 Å². The molecule has 0 fully saturated rings. The first kappa shape index (κ1) is 15.3. The molecule has 1 aliphatic rings. The maximum Gasteiger partial charge on any atom is 0.168 e. The molecule has 116 valence electrons. The molecule has 0 aromatic heterocycles. The molecule has 3 nitrogen and oxygen atoms in total. The summed E-state index contributed by atoms with van der Waals surface area (Å²) < 4.78 is 0. The van der Waals surface area contributed by atoms with Gasteiger partial charge in [-0.3, -0.25) is 14.6 Å². The molecule has 0 radical (unpaired) electrons. The van der Waals surface area contributed by atoms with Gasteiger partial charge in [-0.1, -0.05) is 48.5 Å². The molecule has 0 unspecified atom stereocenters. The number of ketones is 1. The monoisotopic (exact) mass is 305 g/mol. The van der Waals surface area contributed by atoms with E-state index in [1.807, 2.05) is 18.2 Å². The van der Waals surface area contributed by atoms with Crippen molar-refractivity contribution in [1.82, 2.24) is 0 Å². The Morgan fingerprint density at radius 3 is 2.52 bits per heavy atom. The molecular formula is C20H19NO2. The highest BCUT2D eigenvalue weighted by Crippen LogP contribution is 2.28. The molecule has 0 bridgehead atoms. The number of hydrogen-bond donors (Lipinski definition) is 0. The number of fused-ring (bicyclic) bond motifs is 1. The van der Waals surface area contributed by atoms with Crippen molar-refractivity contribution in [2.45, 2.75) is 32.2 Å². The fourth-order valence-corrected chi connectivity index (χ4v) is 3.02. The quantitative estimate of drug-likeness (QED) is 0.635. The average molecular weight is 305 g/mol. The molecule has 1 aliphatic heterocycles. The molecule has 2 aromatic rings. The van der Waals surface area contributed by atoms with Gasteiger partial charge in [0, 0.05) is 11.1 Å². The molecule has 1 heterocycles. The summed E-state index contributed by atoms with van der Waals surface area (Å²) in [6.45, 7) is 4.18. The van der Waals surface area contributed by atoms with E-state index in [1.165, 1.54) is 5.56 Å². The molecule has 0 amide bonds. The van der Waals surface area contributed by atoms with Crippen LogP contribution in [0.4, 0.5) is 0 Å². The second-order valence-corrected chi connectivity index (χ2v) is 6.54. The van der Waals surface area contributed by atoms with E-state index >= 15 is 0 Å². The number of carbonyl (C=O) groups is 2. The highest BCUT2D eigenvalue weighted by Gasteiger charge is 2.27. The minimum atomic E-state index is -0.189. The summed E-state index contributed by atoms with van der Waals surface area (Å²) in [5.74, 6) is 0.0219. The maximum absolute atomic E-state index is 12.6. The molecule has 0 aliphatic carbocycles. The average Bonchev–Trinajstić information content (AvgIpc) is 2.54. The molecule has 2 aromatic carbocycles. The Bertz CT molecular complexity index is 786. The highest BCUT2D eigenvalue weighted by atomic mass is 16.1. The number of nitrogens with zero attached hydrogens (tertiary/aromatic N) is 1. The number of Topliss-reactive ketones (excluding diaryl/α,β-unsaturated/α-hetero) is 1. The van der Waals surface area contributed by atoms with E-state index in [2.05, 4.69) is 19.9 Å². The van der Waals surface area contributed by atoms with Crippen molar-refractivity contribution in [2.24, 2.45) is 4.99 Å². The zero-order valence-electron chi connectivity index (χ0n) is 13.4. The summed E-state index contributed by atoms with van der Waals surface area (Å²) in [5, 5.41) is 0. The molecule has 0 atom stereocenters. The van der Waals surface area contributed by atoms with Gasteiger partial charge in [0.15, 0.2) is 5.78 Å². The van der Waals surface area contributed by atoms with Gasteiger partial charge in [0.05, 0.1) is 17.7 Å². The van der Waals surface area contributed by atoms with Crippen LogP contribution in [0.15, 0.2) is 53.5 Å². The van der Waals surface area contributed by atoms with Crippen LogP contribution >= 0.6 is 0 Å². The Hall–Kier alpha value is -2.55. The van der Waals surface area contributed by atoms with E-state index in [-0.39, 0.29) is 17.7 Å². The number of aliphatic imine (C=N–C) groups is 1. The van der Waals surface area contributed by atoms with Crippen molar-refractivity contribution in [2.75, 3.05) is 0 Å². The standard InChI is InChI=1S/C20H19NO2/c1-20(2)12-16-5-3-4-6-17(16)18(21-20)11-19(23)15-9-7-14(13-22)8-10-15/h3-10,13H,11-12H2,1-2H3. The van der Waals surface area contributed by atoms with E-state index in [1.54, 1.807) is 24.3 Å². The second-order valence-electron chi connectivity index (χ2n) is 6.54. The number of hydrogen-bond acceptors (Lipinski definition) is 3. The van der Waals surface area contributed by atoms with Crippen LogP contribution < -0.4 is 0 Å². The van der Waals surface area contributed by atoms with Crippen molar-refractivity contribution in [1.29, 1.82) is 0 Å². The number of carbonyl (C=O) groups excluding carboxylic acids is 2. The summed E-state index contributed by atoms with van der Waals surface area (Å²) in [4.78, 5) is 28.1. The van der Waals surface area contributed by atoms with Gasteiger partial charge in [-0.2, -0.15) is 0 Å². The number of rotatable bonds is 4. The zero-order valence-corrected chi connectivity index (χ0v) is 13.4. The summed E-state index contributed by atoms with van der Waals surface area (Å²) >= 11 is 0. The van der Waals surface area contributed by atoms with Crippen LogP contribution in [-0.2, 0) is 6.42 Å². The molecule has 3 rings (SSSR count). The highest BCUT2D eigenvalue weighted by molar-refractivity contribution is 6.16. The van der Waals surface area contributed by atoms with E-state index < -0.39 is 0 Å². The lowest BCUT2D eigenvalue weighted by Crippen LogP contribution is -2.29. The number of benzene rings is 2. The van der Waals surface area contributed by atoms with Gasteiger partial charge in [0.1, 0.15) is 6.29 Å². The van der Waals surface area contributed by atoms with Gasteiger partial charge >= 0.3 is 0 Å². The molecule has 0 spiro atoms. The minimum absolute atomic E-state index is 0.0219. The second kappa shape index (κ2) is 5.92. The summed E-state index contributed by atoms with van der Waals surface area (Å²) in [6.07, 6.45) is 1.94. The van der Waals surface area contributed by atoms with Crippen LogP contribution in [0.3, 0.4) is 0 Å². The Morgan fingerprint density at radius 1 is 1.13 bits per heavy atom. The minimum Gasteiger partial charge on any atom is -0.298 e. The third kappa shape index (κ3) is 3.29. The molecular weight excluding hydrogens is 286 g/mol. The zero-order chi connectivity index (χ0) is 16.4. The van der Waals surface area contributed by atoms with Gasteiger partial charge in [-0.15, -0.1) is 0 Å². The molecule has 23 heavy (non-hydrogen) atoms. The summed E-state index contributed by atoms with van der Waals surface area (Å²) in [7, 11) is 0. The van der Waals surface area contributed by atoms with Crippen LogP contribution in [0.2, 0.25) is 0 Å². The molecule has 0 saturated heterocycles. The lowest BCUT2D eigenvalue weighted by Gasteiger charge is -2.29. The SMILES string of the molecule is CC1(C)Cc2ccccc2C(CC(=O)c2ccc(C=O)cc2)=N1. The first-order chi connectivity index (χ1) is 11.0. The Labute approximate surface area is 136 Å². The van der Waals surface area contributed by atoms with Gasteiger partial charge in [-0.25, -0.2) is 0 Å². The first-order valence-corrected chi connectivity index (χ1v) is 7.74. The summed E-state index contributed by atoms with van der Waals surface area (Å²) in [6, 6.07) is 14.9. The van der Waals surface area contributed by atoms with Crippen molar-refractivity contribution in [3.05, 3.63) is 70.8 Å². The van der Waals surface area contributed by atoms with Gasteiger partial charge < -0.3 is 0 Å². The lowest BCUT2D eigenvalue weighted by atomic mass is 9.85. The fraction of sp³-hybridized carbons (Fsp3) is 0.250. The normalized spacial score (nSPS) is 15.5. The van der Waals surface area contributed by atoms with E-state index in [0.717, 1.165) is 24.0 Å². The van der Waals surface area contributed by atoms with Crippen LogP contribution in [0.25, 0.3) is 0 Å². The Balaban J connectivity index is 1.89. The molecule has 0 N–H and O–H groups in total. The molecule has 3 heteroatoms. The van der Waals surface area contributed by atoms with E-state index in [4.69, 9.17) is 4.99 Å². The smallest absolute Gasteiger partial charge is 0.168 e. The van der Waals surface area contributed by atoms with E-state index in [0.29, 0.717) is 11.1 Å². The Morgan fingerprint density at radius 2 is 1.83 bits per heavy atom. The van der Waals surface area contributed by atoms with Crippen LogP contribution in [0.5, 0.6) is 0 Å². The van der Waals surface area contributed by atoms with Crippen LogP contribution in [-0.4, -0.2) is 23.3 Å². The van der Waals surface area contributed by atoms with Crippen molar-refractivity contribution in [3.63, 3.8) is 0 Å². The third-order valence-corrected chi connectivity index (χ3v) is 4.09. The first-order valence-electron chi connectivity index (χ1n) is 7.74. The third-order valence-electron chi connectivity index (χ3n) is 4.09. The van der Waals surface area contributed by atoms with Gasteiger partial charge in [0.25, 0.3) is 0 Å². The lowest BCUT2D eigenvalue weighted by molar-refractivity contribution is 0.0999. The topological polar surface area (TPSA) is 46.5 Å².